The van der Waals surface area contributed by atoms with Crippen LogP contribution in [-0.2, 0) is 19.2 Å². The van der Waals surface area contributed by atoms with E-state index in [1.54, 1.807) is 0 Å². The zero-order valence-corrected chi connectivity index (χ0v) is 18.0. The number of nitrogens with one attached hydrogen (secondary N) is 3. The van der Waals surface area contributed by atoms with Gasteiger partial charge in [0.25, 0.3) is 0 Å². The van der Waals surface area contributed by atoms with Crippen LogP contribution in [0.15, 0.2) is 4.99 Å². The molecule has 0 bridgehead atoms. The molecule has 0 spiro atoms. The molecule has 0 aliphatic carbocycles. The standard InChI is InChI=1S/C18H35N7O5/c1-9(2)8-13(25-15(27)11(4)23-14(26)10(3)19)16(28)24-12(17(29)30)6-5-7-22-18(20)21/h9-13H,5-8,19H2,1-4H3,(H,23,26)(H,24,28)(H,25,27)(H,29,30)(H4,20,21,22). The number of aliphatic imine (C=N–C) groups is 1. The van der Waals surface area contributed by atoms with Gasteiger partial charge in [0.15, 0.2) is 5.96 Å². The van der Waals surface area contributed by atoms with Crippen molar-refractivity contribution in [3.8, 4) is 0 Å². The second kappa shape index (κ2) is 13.4. The van der Waals surface area contributed by atoms with E-state index in [1.165, 1.54) is 13.8 Å². The van der Waals surface area contributed by atoms with Crippen molar-refractivity contribution in [1.29, 1.82) is 0 Å². The van der Waals surface area contributed by atoms with Gasteiger partial charge in [-0.2, -0.15) is 0 Å². The normalized spacial score (nSPS) is 14.7. The highest BCUT2D eigenvalue weighted by Crippen LogP contribution is 2.07. The van der Waals surface area contributed by atoms with Crippen molar-refractivity contribution in [2.75, 3.05) is 6.54 Å². The van der Waals surface area contributed by atoms with Crippen LogP contribution in [0.25, 0.3) is 0 Å². The molecule has 0 aromatic heterocycles. The summed E-state index contributed by atoms with van der Waals surface area (Å²) in [6.45, 7) is 6.89. The minimum atomic E-state index is -1.21. The van der Waals surface area contributed by atoms with Gasteiger partial charge in [-0.05, 0) is 39.0 Å². The molecule has 10 N–H and O–H groups in total. The molecule has 12 nitrogen and oxygen atoms in total. The van der Waals surface area contributed by atoms with Gasteiger partial charge in [-0.3, -0.25) is 19.4 Å². The molecule has 0 rings (SSSR count). The van der Waals surface area contributed by atoms with Gasteiger partial charge in [0.1, 0.15) is 18.1 Å². The fraction of sp³-hybridized carbons (Fsp3) is 0.722. The van der Waals surface area contributed by atoms with E-state index in [0.29, 0.717) is 6.42 Å². The molecule has 4 unspecified atom stereocenters. The Balaban J connectivity index is 5.06. The second-order valence-electron chi connectivity index (χ2n) is 7.56. The zero-order chi connectivity index (χ0) is 23.4. The molecule has 0 heterocycles. The summed E-state index contributed by atoms with van der Waals surface area (Å²) in [6.07, 6.45) is 0.740. The van der Waals surface area contributed by atoms with Crippen molar-refractivity contribution >= 4 is 29.7 Å². The highest BCUT2D eigenvalue weighted by atomic mass is 16.4. The fourth-order valence-corrected chi connectivity index (χ4v) is 2.44. The van der Waals surface area contributed by atoms with Crippen molar-refractivity contribution < 1.29 is 24.3 Å². The smallest absolute Gasteiger partial charge is 0.326 e. The molecule has 12 heteroatoms. The Morgan fingerprint density at radius 1 is 0.900 bits per heavy atom. The van der Waals surface area contributed by atoms with Crippen LogP contribution in [0.4, 0.5) is 0 Å². The first kappa shape index (κ1) is 27.1. The summed E-state index contributed by atoms with van der Waals surface area (Å²) >= 11 is 0. The topological polar surface area (TPSA) is 215 Å². The largest absolute Gasteiger partial charge is 0.480 e. The number of aliphatic carboxylic acids is 1. The molecule has 0 saturated heterocycles. The van der Waals surface area contributed by atoms with E-state index in [2.05, 4.69) is 20.9 Å². The Bertz CT molecular complexity index is 632. The van der Waals surface area contributed by atoms with Crippen molar-refractivity contribution in [2.24, 2.45) is 28.1 Å². The molecule has 0 fully saturated rings. The lowest BCUT2D eigenvalue weighted by atomic mass is 10.0. The van der Waals surface area contributed by atoms with Crippen molar-refractivity contribution in [1.82, 2.24) is 16.0 Å². The van der Waals surface area contributed by atoms with Crippen LogP contribution in [0, 0.1) is 5.92 Å². The predicted molar refractivity (Wildman–Crippen MR) is 112 cm³/mol. The number of carboxylic acid groups (broad SMARTS) is 1. The van der Waals surface area contributed by atoms with Crippen LogP contribution in [-0.4, -0.2) is 65.5 Å². The van der Waals surface area contributed by atoms with Crippen LogP contribution in [0.3, 0.4) is 0 Å². The van der Waals surface area contributed by atoms with Gasteiger partial charge in [-0.25, -0.2) is 4.79 Å². The first-order valence-electron chi connectivity index (χ1n) is 9.80. The van der Waals surface area contributed by atoms with Gasteiger partial charge >= 0.3 is 5.97 Å². The number of hydrogen-bond acceptors (Lipinski definition) is 6. The number of carbonyl (C=O) groups is 4. The summed E-state index contributed by atoms with van der Waals surface area (Å²) in [5.74, 6) is -2.98. The highest BCUT2D eigenvalue weighted by Gasteiger charge is 2.28. The molecule has 30 heavy (non-hydrogen) atoms. The number of nitrogens with zero attached hydrogens (tertiary/aromatic N) is 1. The lowest BCUT2D eigenvalue weighted by Gasteiger charge is -2.24. The third-order valence-electron chi connectivity index (χ3n) is 4.07. The number of carbonyl (C=O) groups excluding carboxylic acids is 3. The van der Waals surface area contributed by atoms with E-state index in [-0.39, 0.29) is 31.3 Å². The molecule has 0 aliphatic heterocycles. The minimum absolute atomic E-state index is 0.0418. The monoisotopic (exact) mass is 429 g/mol. The van der Waals surface area contributed by atoms with Crippen molar-refractivity contribution in [3.05, 3.63) is 0 Å². The summed E-state index contributed by atoms with van der Waals surface area (Å²) in [5, 5.41) is 16.8. The third-order valence-corrected chi connectivity index (χ3v) is 4.07. The third kappa shape index (κ3) is 11.2. The number of hydrogen-bond donors (Lipinski definition) is 7. The van der Waals surface area contributed by atoms with Crippen LogP contribution in [0.5, 0.6) is 0 Å². The van der Waals surface area contributed by atoms with Crippen LogP contribution in [0.2, 0.25) is 0 Å². The first-order valence-corrected chi connectivity index (χ1v) is 9.80. The average molecular weight is 430 g/mol. The molecular weight excluding hydrogens is 394 g/mol. The molecule has 0 aromatic carbocycles. The Labute approximate surface area is 176 Å². The number of carboxylic acids is 1. The second-order valence-corrected chi connectivity index (χ2v) is 7.56. The molecule has 0 aromatic rings. The van der Waals surface area contributed by atoms with E-state index in [4.69, 9.17) is 17.2 Å². The summed E-state index contributed by atoms with van der Waals surface area (Å²) < 4.78 is 0. The van der Waals surface area contributed by atoms with Crippen molar-refractivity contribution in [2.45, 2.75) is 71.1 Å². The maximum atomic E-state index is 12.7. The molecule has 172 valence electrons. The predicted octanol–water partition coefficient (Wildman–Crippen LogP) is -2.01. The molecule has 3 amide bonds. The fourth-order valence-electron chi connectivity index (χ4n) is 2.44. The number of nitrogens with two attached hydrogens (primary N) is 3. The lowest BCUT2D eigenvalue weighted by Crippen LogP contribution is -2.56. The van der Waals surface area contributed by atoms with Crippen LogP contribution >= 0.6 is 0 Å². The number of amides is 3. The minimum Gasteiger partial charge on any atom is -0.480 e. The maximum Gasteiger partial charge on any atom is 0.326 e. The van der Waals surface area contributed by atoms with E-state index >= 15 is 0 Å². The van der Waals surface area contributed by atoms with Gasteiger partial charge in [0.05, 0.1) is 6.04 Å². The van der Waals surface area contributed by atoms with Crippen molar-refractivity contribution in [3.63, 3.8) is 0 Å². The number of guanidine groups is 1. The Morgan fingerprint density at radius 2 is 1.47 bits per heavy atom. The summed E-state index contributed by atoms with van der Waals surface area (Å²) in [5.41, 5.74) is 15.9. The van der Waals surface area contributed by atoms with Gasteiger partial charge in [0.2, 0.25) is 17.7 Å². The number of rotatable bonds is 13. The van der Waals surface area contributed by atoms with Crippen LogP contribution in [0.1, 0.15) is 47.0 Å². The Hall–Kier alpha value is -2.89. The molecule has 0 radical (unpaired) electrons. The van der Waals surface area contributed by atoms with E-state index in [1.807, 2.05) is 13.8 Å². The summed E-state index contributed by atoms with van der Waals surface area (Å²) in [7, 11) is 0. The molecule has 4 atom stereocenters. The quantitative estimate of drug-likeness (QED) is 0.0983. The zero-order valence-electron chi connectivity index (χ0n) is 18.0. The highest BCUT2D eigenvalue weighted by molar-refractivity contribution is 5.93. The average Bonchev–Trinajstić information content (AvgIpc) is 2.62. The molecular formula is C18H35N7O5. The van der Waals surface area contributed by atoms with E-state index < -0.39 is 47.9 Å². The molecule has 0 aliphatic rings. The van der Waals surface area contributed by atoms with Crippen LogP contribution < -0.4 is 33.2 Å². The van der Waals surface area contributed by atoms with E-state index in [9.17, 15) is 24.3 Å². The SMILES string of the molecule is CC(C)CC(NC(=O)C(C)NC(=O)C(C)N)C(=O)NC(CCCN=C(N)N)C(=O)O. The van der Waals surface area contributed by atoms with E-state index in [0.717, 1.165) is 0 Å². The Morgan fingerprint density at radius 3 is 1.93 bits per heavy atom. The lowest BCUT2D eigenvalue weighted by molar-refractivity contribution is -0.142. The van der Waals surface area contributed by atoms with Gasteiger partial charge in [-0.15, -0.1) is 0 Å². The molecule has 0 saturated carbocycles. The summed E-state index contributed by atoms with van der Waals surface area (Å²) in [4.78, 5) is 52.0. The maximum absolute atomic E-state index is 12.7. The first-order chi connectivity index (χ1) is 13.8. The Kier molecular flexibility index (Phi) is 12.1. The van der Waals surface area contributed by atoms with Gasteiger partial charge in [0, 0.05) is 6.54 Å². The summed E-state index contributed by atoms with van der Waals surface area (Å²) in [6, 6.07) is -3.83. The van der Waals surface area contributed by atoms with Gasteiger partial charge in [-0.1, -0.05) is 13.8 Å². The van der Waals surface area contributed by atoms with Gasteiger partial charge < -0.3 is 38.3 Å².